The van der Waals surface area contributed by atoms with Crippen molar-refractivity contribution in [2.45, 2.75) is 40.2 Å². The maximum Gasteiger partial charge on any atom is 0.191 e. The maximum atomic E-state index is 4.62. The molecule has 0 aliphatic carbocycles. The number of para-hydroxylation sites is 1. The number of aryl methyl sites for hydroxylation is 2. The number of hydrogen-bond donors (Lipinski definition) is 2. The van der Waals surface area contributed by atoms with Crippen molar-refractivity contribution in [3.05, 3.63) is 47.3 Å². The second-order valence-electron chi connectivity index (χ2n) is 6.98. The van der Waals surface area contributed by atoms with Crippen molar-refractivity contribution in [2.75, 3.05) is 33.7 Å². The van der Waals surface area contributed by atoms with Crippen LogP contribution < -0.4 is 10.6 Å². The van der Waals surface area contributed by atoms with E-state index >= 15 is 0 Å². The minimum atomic E-state index is 0. The van der Waals surface area contributed by atoms with Gasteiger partial charge in [0.25, 0.3) is 0 Å². The maximum absolute atomic E-state index is 4.62. The fourth-order valence-electron chi connectivity index (χ4n) is 3.04. The molecule has 0 atom stereocenters. The summed E-state index contributed by atoms with van der Waals surface area (Å²) in [4.78, 5) is 6.69. The van der Waals surface area contributed by atoms with Gasteiger partial charge >= 0.3 is 0 Å². The molecule has 1 aromatic carbocycles. The molecule has 0 bridgehead atoms. The Balaban J connectivity index is 0.00000392. The zero-order valence-corrected chi connectivity index (χ0v) is 20.2. The van der Waals surface area contributed by atoms with E-state index < -0.39 is 0 Å². The number of benzene rings is 1. The minimum Gasteiger partial charge on any atom is -0.355 e. The number of rotatable bonds is 9. The average Bonchev–Trinajstić information content (AvgIpc) is 3.01. The topological polar surface area (TPSA) is 57.5 Å². The fourth-order valence-corrected chi connectivity index (χ4v) is 3.04. The van der Waals surface area contributed by atoms with Crippen LogP contribution in [0.25, 0.3) is 5.69 Å². The SMILES string of the molecule is CCCCN(C)CCNC(=NC)NCc1ccccc1-n1nc(C)cc1C.I. The van der Waals surface area contributed by atoms with Crippen molar-refractivity contribution >= 4 is 29.9 Å². The van der Waals surface area contributed by atoms with Gasteiger partial charge in [-0.05, 0) is 51.6 Å². The van der Waals surface area contributed by atoms with Crippen LogP contribution >= 0.6 is 24.0 Å². The van der Waals surface area contributed by atoms with Crippen molar-refractivity contribution < 1.29 is 0 Å². The number of unbranched alkanes of at least 4 members (excludes halogenated alkanes) is 1. The zero-order chi connectivity index (χ0) is 19.6. The van der Waals surface area contributed by atoms with Crippen molar-refractivity contribution in [1.29, 1.82) is 0 Å². The van der Waals surface area contributed by atoms with E-state index in [1.54, 1.807) is 0 Å². The standard InChI is InChI=1S/C21H34N6.HI/c1-6-7-13-26(5)14-12-23-21(22-4)24-16-19-10-8-9-11-20(19)27-18(3)15-17(2)25-27;/h8-11,15H,6-7,12-14,16H2,1-5H3,(H2,22,23,24);1H. The highest BCUT2D eigenvalue weighted by molar-refractivity contribution is 14.0. The van der Waals surface area contributed by atoms with Gasteiger partial charge in [0.15, 0.2) is 5.96 Å². The van der Waals surface area contributed by atoms with E-state index in [1.807, 2.05) is 18.7 Å². The van der Waals surface area contributed by atoms with E-state index in [0.717, 1.165) is 42.7 Å². The van der Waals surface area contributed by atoms with Crippen LogP contribution in [-0.4, -0.2) is 54.4 Å². The quantitative estimate of drug-likeness (QED) is 0.316. The second-order valence-corrected chi connectivity index (χ2v) is 6.98. The number of likely N-dealkylation sites (N-methyl/N-ethyl adjacent to an activating group) is 1. The first kappa shape index (κ1) is 24.4. The molecule has 156 valence electrons. The van der Waals surface area contributed by atoms with E-state index in [9.17, 15) is 0 Å². The van der Waals surface area contributed by atoms with Gasteiger partial charge in [0.2, 0.25) is 0 Å². The van der Waals surface area contributed by atoms with Crippen LogP contribution in [0.1, 0.15) is 36.7 Å². The van der Waals surface area contributed by atoms with Gasteiger partial charge in [0.05, 0.1) is 11.4 Å². The van der Waals surface area contributed by atoms with Gasteiger partial charge in [-0.3, -0.25) is 4.99 Å². The van der Waals surface area contributed by atoms with Gasteiger partial charge in [0.1, 0.15) is 0 Å². The number of aromatic nitrogens is 2. The minimum absolute atomic E-state index is 0. The van der Waals surface area contributed by atoms with Gasteiger partial charge in [-0.25, -0.2) is 4.68 Å². The number of aliphatic imine (C=N–C) groups is 1. The lowest BCUT2D eigenvalue weighted by Gasteiger charge is -2.18. The molecule has 2 N–H and O–H groups in total. The van der Waals surface area contributed by atoms with Crippen molar-refractivity contribution in [3.8, 4) is 5.69 Å². The van der Waals surface area contributed by atoms with Gasteiger partial charge in [0, 0.05) is 32.4 Å². The summed E-state index contributed by atoms with van der Waals surface area (Å²) in [6.07, 6.45) is 2.47. The number of nitrogens with zero attached hydrogens (tertiary/aromatic N) is 4. The van der Waals surface area contributed by atoms with Gasteiger partial charge < -0.3 is 15.5 Å². The van der Waals surface area contributed by atoms with Crippen molar-refractivity contribution in [3.63, 3.8) is 0 Å². The molecule has 0 unspecified atom stereocenters. The van der Waals surface area contributed by atoms with Gasteiger partial charge in [-0.15, -0.1) is 24.0 Å². The lowest BCUT2D eigenvalue weighted by Crippen LogP contribution is -2.40. The predicted molar refractivity (Wildman–Crippen MR) is 129 cm³/mol. The molecule has 0 amide bonds. The lowest BCUT2D eigenvalue weighted by molar-refractivity contribution is 0.332. The highest BCUT2D eigenvalue weighted by Gasteiger charge is 2.09. The van der Waals surface area contributed by atoms with Crippen LogP contribution in [0.15, 0.2) is 35.3 Å². The summed E-state index contributed by atoms with van der Waals surface area (Å²) in [6, 6.07) is 10.4. The lowest BCUT2D eigenvalue weighted by atomic mass is 10.1. The first-order chi connectivity index (χ1) is 13.0. The van der Waals surface area contributed by atoms with E-state index in [4.69, 9.17) is 0 Å². The summed E-state index contributed by atoms with van der Waals surface area (Å²) in [5, 5.41) is 11.4. The molecule has 6 nitrogen and oxygen atoms in total. The summed E-state index contributed by atoms with van der Waals surface area (Å²) in [5.74, 6) is 0.821. The molecule has 7 heteroatoms. The molecule has 0 aliphatic heterocycles. The third-order valence-corrected chi connectivity index (χ3v) is 4.58. The van der Waals surface area contributed by atoms with E-state index in [1.165, 1.54) is 18.4 Å². The van der Waals surface area contributed by atoms with Crippen LogP contribution in [0.2, 0.25) is 0 Å². The summed E-state index contributed by atoms with van der Waals surface area (Å²) in [7, 11) is 3.97. The molecule has 28 heavy (non-hydrogen) atoms. The Labute approximate surface area is 186 Å². The zero-order valence-electron chi connectivity index (χ0n) is 17.8. The molecule has 0 saturated heterocycles. The monoisotopic (exact) mass is 498 g/mol. The molecular weight excluding hydrogens is 463 g/mol. The molecule has 0 radical (unpaired) electrons. The Morgan fingerprint density at radius 1 is 1.18 bits per heavy atom. The summed E-state index contributed by atoms with van der Waals surface area (Å²) < 4.78 is 2.01. The summed E-state index contributed by atoms with van der Waals surface area (Å²) in [6.45, 7) is 10.0. The fraction of sp³-hybridized carbons (Fsp3) is 0.524. The molecule has 0 fully saturated rings. The Morgan fingerprint density at radius 2 is 1.93 bits per heavy atom. The van der Waals surface area contributed by atoms with E-state index in [-0.39, 0.29) is 24.0 Å². The van der Waals surface area contributed by atoms with Crippen molar-refractivity contribution in [1.82, 2.24) is 25.3 Å². The smallest absolute Gasteiger partial charge is 0.191 e. The number of guanidine groups is 1. The highest BCUT2D eigenvalue weighted by Crippen LogP contribution is 2.16. The first-order valence-corrected chi connectivity index (χ1v) is 9.79. The average molecular weight is 498 g/mol. The van der Waals surface area contributed by atoms with Crippen LogP contribution in [-0.2, 0) is 6.54 Å². The Kier molecular flexibility index (Phi) is 11.1. The Morgan fingerprint density at radius 3 is 2.57 bits per heavy atom. The molecule has 1 aromatic heterocycles. The van der Waals surface area contributed by atoms with Crippen LogP contribution in [0, 0.1) is 13.8 Å². The molecule has 2 aromatic rings. The largest absolute Gasteiger partial charge is 0.355 e. The molecular formula is C21H35IN6. The third kappa shape index (κ3) is 7.43. The normalized spacial score (nSPS) is 11.4. The highest BCUT2D eigenvalue weighted by atomic mass is 127. The van der Waals surface area contributed by atoms with Crippen molar-refractivity contribution in [2.24, 2.45) is 4.99 Å². The van der Waals surface area contributed by atoms with E-state index in [0.29, 0.717) is 6.54 Å². The molecule has 1 heterocycles. The predicted octanol–water partition coefficient (Wildman–Crippen LogP) is 3.50. The molecule has 2 rings (SSSR count). The van der Waals surface area contributed by atoms with E-state index in [2.05, 4.69) is 76.9 Å². The van der Waals surface area contributed by atoms with Gasteiger partial charge in [-0.2, -0.15) is 5.10 Å². The van der Waals surface area contributed by atoms with Crippen LogP contribution in [0.3, 0.4) is 0 Å². The number of nitrogens with one attached hydrogen (secondary N) is 2. The Hall–Kier alpha value is -1.61. The van der Waals surface area contributed by atoms with Crippen LogP contribution in [0.4, 0.5) is 0 Å². The molecule has 0 spiro atoms. The number of halogens is 1. The number of hydrogen-bond acceptors (Lipinski definition) is 3. The summed E-state index contributed by atoms with van der Waals surface area (Å²) >= 11 is 0. The Bertz CT molecular complexity index is 740. The first-order valence-electron chi connectivity index (χ1n) is 9.79. The van der Waals surface area contributed by atoms with Crippen LogP contribution in [0.5, 0.6) is 0 Å². The molecule has 0 aliphatic rings. The van der Waals surface area contributed by atoms with Gasteiger partial charge in [-0.1, -0.05) is 31.5 Å². The third-order valence-electron chi connectivity index (χ3n) is 4.58. The summed E-state index contributed by atoms with van der Waals surface area (Å²) in [5.41, 5.74) is 4.45. The second kappa shape index (κ2) is 12.8. The molecule has 0 saturated carbocycles.